The second kappa shape index (κ2) is 8.28. The number of aryl methyl sites for hydroxylation is 1. The Kier molecular flexibility index (Phi) is 5.81. The maximum absolute atomic E-state index is 13.6. The summed E-state index contributed by atoms with van der Waals surface area (Å²) in [5.74, 6) is -0.873. The number of hydrogen-bond acceptors (Lipinski definition) is 4. The van der Waals surface area contributed by atoms with Gasteiger partial charge in [0.25, 0.3) is 5.91 Å². The molecule has 0 fully saturated rings. The molecule has 0 aliphatic carbocycles. The van der Waals surface area contributed by atoms with Crippen LogP contribution in [0.15, 0.2) is 71.9 Å². The Balaban J connectivity index is 1.64. The third kappa shape index (κ3) is 4.79. The Morgan fingerprint density at radius 1 is 1.11 bits per heavy atom. The van der Waals surface area contributed by atoms with Gasteiger partial charge in [0.2, 0.25) is 10.0 Å². The molecule has 0 unspecified atom stereocenters. The molecule has 144 valence electrons. The first-order valence-corrected chi connectivity index (χ1v) is 9.89. The minimum Gasteiger partial charge on any atom is -0.321 e. The molecule has 2 N–H and O–H groups in total. The summed E-state index contributed by atoms with van der Waals surface area (Å²) in [6, 6.07) is 13.7. The predicted molar refractivity (Wildman–Crippen MR) is 104 cm³/mol. The Hall–Kier alpha value is -3.10. The highest BCUT2D eigenvalue weighted by Crippen LogP contribution is 2.15. The van der Waals surface area contributed by atoms with E-state index in [2.05, 4.69) is 15.0 Å². The Morgan fingerprint density at radius 3 is 2.50 bits per heavy atom. The van der Waals surface area contributed by atoms with Crippen molar-refractivity contribution >= 4 is 21.6 Å². The number of aromatic nitrogens is 1. The number of rotatable bonds is 6. The predicted octanol–water partition coefficient (Wildman–Crippen LogP) is 3.26. The number of nitrogens with one attached hydrogen (secondary N) is 2. The molecule has 1 aromatic heterocycles. The van der Waals surface area contributed by atoms with Crippen LogP contribution >= 0.6 is 0 Å². The lowest BCUT2D eigenvalue weighted by Gasteiger charge is -2.09. The number of halogens is 1. The van der Waals surface area contributed by atoms with Gasteiger partial charge in [-0.25, -0.2) is 17.5 Å². The van der Waals surface area contributed by atoms with E-state index in [0.717, 1.165) is 6.07 Å². The fourth-order valence-electron chi connectivity index (χ4n) is 2.42. The van der Waals surface area contributed by atoms with Gasteiger partial charge in [-0.15, -0.1) is 0 Å². The fraction of sp³-hybridized carbons (Fsp3) is 0.100. The van der Waals surface area contributed by atoms with Gasteiger partial charge in [-0.1, -0.05) is 18.2 Å². The monoisotopic (exact) mass is 399 g/mol. The number of benzene rings is 2. The molecule has 1 amide bonds. The molecule has 1 heterocycles. The van der Waals surface area contributed by atoms with E-state index in [1.807, 2.05) is 0 Å². The molecule has 0 aliphatic heterocycles. The lowest BCUT2D eigenvalue weighted by molar-refractivity contribution is 0.102. The number of carbonyl (C=O) groups is 1. The number of amides is 1. The first-order valence-electron chi connectivity index (χ1n) is 8.41. The third-order valence-electron chi connectivity index (χ3n) is 4.06. The van der Waals surface area contributed by atoms with E-state index in [4.69, 9.17) is 0 Å². The molecule has 0 bridgehead atoms. The van der Waals surface area contributed by atoms with Crippen LogP contribution < -0.4 is 10.0 Å². The maximum atomic E-state index is 13.6. The average molecular weight is 399 g/mol. The summed E-state index contributed by atoms with van der Waals surface area (Å²) in [7, 11) is -3.84. The molecular formula is C20H18FN3O3S. The number of sulfonamides is 1. The second-order valence-electron chi connectivity index (χ2n) is 6.13. The highest BCUT2D eigenvalue weighted by Gasteiger charge is 2.15. The largest absolute Gasteiger partial charge is 0.321 e. The van der Waals surface area contributed by atoms with Crippen LogP contribution in [0.4, 0.5) is 10.1 Å². The van der Waals surface area contributed by atoms with Crippen molar-refractivity contribution < 1.29 is 17.6 Å². The molecule has 3 rings (SSSR count). The highest BCUT2D eigenvalue weighted by atomic mass is 32.2. The lowest BCUT2D eigenvalue weighted by Crippen LogP contribution is -2.23. The van der Waals surface area contributed by atoms with Crippen LogP contribution in [0.3, 0.4) is 0 Å². The molecule has 3 aromatic rings. The van der Waals surface area contributed by atoms with Crippen LogP contribution in [-0.4, -0.2) is 19.3 Å². The van der Waals surface area contributed by atoms with Crippen molar-refractivity contribution in [3.63, 3.8) is 0 Å². The minimum atomic E-state index is -3.84. The van der Waals surface area contributed by atoms with Crippen LogP contribution in [0.2, 0.25) is 0 Å². The van der Waals surface area contributed by atoms with Crippen molar-refractivity contribution in [2.75, 3.05) is 5.32 Å². The quantitative estimate of drug-likeness (QED) is 0.666. The summed E-state index contributed by atoms with van der Waals surface area (Å²) >= 11 is 0. The number of hydrogen-bond donors (Lipinski definition) is 2. The summed E-state index contributed by atoms with van der Waals surface area (Å²) in [6.45, 7) is 1.58. The summed E-state index contributed by atoms with van der Waals surface area (Å²) in [6.07, 6.45) is 3.14. The van der Waals surface area contributed by atoms with Crippen molar-refractivity contribution in [2.45, 2.75) is 18.4 Å². The first kappa shape index (κ1) is 19.7. The minimum absolute atomic E-state index is 0.0162. The van der Waals surface area contributed by atoms with Crippen molar-refractivity contribution in [2.24, 2.45) is 0 Å². The zero-order valence-corrected chi connectivity index (χ0v) is 15.8. The molecule has 0 spiro atoms. The van der Waals surface area contributed by atoms with Gasteiger partial charge in [-0.3, -0.25) is 9.78 Å². The van der Waals surface area contributed by atoms with Gasteiger partial charge < -0.3 is 5.32 Å². The Bertz CT molecular complexity index is 1090. The molecule has 6 nitrogen and oxygen atoms in total. The number of anilines is 1. The van der Waals surface area contributed by atoms with E-state index >= 15 is 0 Å². The summed E-state index contributed by atoms with van der Waals surface area (Å²) in [5, 5.41) is 2.72. The molecule has 0 aliphatic rings. The van der Waals surface area contributed by atoms with Crippen LogP contribution in [0, 0.1) is 12.7 Å². The standard InChI is InChI=1S/C20H18FN3O3S/c1-14-4-9-18(11-19(14)21)28(26,27)23-12-15-5-7-16(8-6-15)20(25)24-17-3-2-10-22-13-17/h2-11,13,23H,12H2,1H3,(H,24,25). The van der Waals surface area contributed by atoms with Crippen LogP contribution in [0.1, 0.15) is 21.5 Å². The van der Waals surface area contributed by atoms with Crippen molar-refractivity contribution in [3.05, 3.63) is 89.5 Å². The number of nitrogens with zero attached hydrogens (tertiary/aromatic N) is 1. The smallest absolute Gasteiger partial charge is 0.255 e. The molecule has 2 aromatic carbocycles. The molecule has 0 radical (unpaired) electrons. The third-order valence-corrected chi connectivity index (χ3v) is 5.45. The highest BCUT2D eigenvalue weighted by molar-refractivity contribution is 7.89. The Labute approximate surface area is 162 Å². The summed E-state index contributed by atoms with van der Waals surface area (Å²) < 4.78 is 40.6. The van der Waals surface area contributed by atoms with Crippen LogP contribution in [0.25, 0.3) is 0 Å². The van der Waals surface area contributed by atoms with Gasteiger partial charge >= 0.3 is 0 Å². The normalized spacial score (nSPS) is 11.2. The van der Waals surface area contributed by atoms with Crippen LogP contribution in [-0.2, 0) is 16.6 Å². The first-order chi connectivity index (χ1) is 13.3. The van der Waals surface area contributed by atoms with Crippen molar-refractivity contribution in [1.82, 2.24) is 9.71 Å². The van der Waals surface area contributed by atoms with Gasteiger partial charge in [-0.2, -0.15) is 0 Å². The lowest BCUT2D eigenvalue weighted by atomic mass is 10.1. The van der Waals surface area contributed by atoms with E-state index in [0.29, 0.717) is 22.4 Å². The SMILES string of the molecule is Cc1ccc(S(=O)(=O)NCc2ccc(C(=O)Nc3cccnc3)cc2)cc1F. The van der Waals surface area contributed by atoms with Gasteiger partial charge in [0.1, 0.15) is 5.82 Å². The topological polar surface area (TPSA) is 88.2 Å². The number of carbonyl (C=O) groups excluding carboxylic acids is 1. The van der Waals surface area contributed by atoms with Gasteiger partial charge in [0.05, 0.1) is 16.8 Å². The molecule has 0 saturated heterocycles. The van der Waals surface area contributed by atoms with E-state index in [9.17, 15) is 17.6 Å². The van der Waals surface area contributed by atoms with Crippen LogP contribution in [0.5, 0.6) is 0 Å². The van der Waals surface area contributed by atoms with E-state index < -0.39 is 15.8 Å². The molecule has 0 saturated carbocycles. The zero-order chi connectivity index (χ0) is 20.1. The van der Waals surface area contributed by atoms with E-state index in [-0.39, 0.29) is 17.3 Å². The molecule has 0 atom stereocenters. The van der Waals surface area contributed by atoms with Gasteiger partial charge in [-0.05, 0) is 54.4 Å². The second-order valence-corrected chi connectivity index (χ2v) is 7.90. The van der Waals surface area contributed by atoms with E-state index in [1.54, 1.807) is 49.5 Å². The average Bonchev–Trinajstić information content (AvgIpc) is 2.69. The van der Waals surface area contributed by atoms with Crippen molar-refractivity contribution in [3.8, 4) is 0 Å². The van der Waals surface area contributed by atoms with E-state index in [1.165, 1.54) is 18.3 Å². The maximum Gasteiger partial charge on any atom is 0.255 e. The fourth-order valence-corrected chi connectivity index (χ4v) is 3.45. The zero-order valence-electron chi connectivity index (χ0n) is 15.0. The summed E-state index contributed by atoms with van der Waals surface area (Å²) in [5.41, 5.74) is 2.04. The molecular weight excluding hydrogens is 381 g/mol. The van der Waals surface area contributed by atoms with Gasteiger partial charge in [0.15, 0.2) is 0 Å². The summed E-state index contributed by atoms with van der Waals surface area (Å²) in [4.78, 5) is 16.0. The number of pyridine rings is 1. The molecule has 28 heavy (non-hydrogen) atoms. The van der Waals surface area contributed by atoms with Crippen molar-refractivity contribution in [1.29, 1.82) is 0 Å². The molecule has 8 heteroatoms. The Morgan fingerprint density at radius 2 is 1.86 bits per heavy atom. The van der Waals surface area contributed by atoms with Gasteiger partial charge in [0, 0.05) is 18.3 Å².